The second-order valence-electron chi connectivity index (χ2n) is 21.7. The van der Waals surface area contributed by atoms with Crippen LogP contribution >= 0.6 is 11.8 Å². The standard InChI is InChI=1S/C61H89F2N5O15S/c1-60(2,3)58(59-65-52(50-43-48(62)17-18-51(50)63)45-66(59)44-47-13-8-7-9-14-47)68(24-11-10-16-57(74)83-61(4,5)6)56(73)46-84-42-23-64-53(70)22-27-76-29-31-78-33-35-80-37-39-82-41-40-81-38-36-79-34-32-77-30-28-75-26-12-15-49(69)21-25-67-54(71)19-20-55(67)72/h7-9,13-14,17-20,43,45,58H,10-12,15-16,21-42,44,46H2,1-6H3,(H,64,70)/t58-/m0/s1. The average Bonchev–Trinajstić information content (AvgIpc) is 2.37. The fraction of sp³-hybridized carbons (Fsp3) is 0.623. The predicted octanol–water partition coefficient (Wildman–Crippen LogP) is 7.34. The number of imide groups is 1. The van der Waals surface area contributed by atoms with E-state index < -0.39 is 28.7 Å². The number of benzene rings is 2. The number of nitrogens with zero attached hydrogens (tertiary/aromatic N) is 4. The summed E-state index contributed by atoms with van der Waals surface area (Å²) in [6.45, 7) is 18.8. The molecule has 0 unspecified atom stereocenters. The van der Waals surface area contributed by atoms with Crippen LogP contribution in [0.1, 0.15) is 104 Å². The van der Waals surface area contributed by atoms with E-state index in [1.165, 1.54) is 23.9 Å². The lowest BCUT2D eigenvalue weighted by Crippen LogP contribution is -2.44. The summed E-state index contributed by atoms with van der Waals surface area (Å²) in [5, 5.41) is 2.89. The van der Waals surface area contributed by atoms with E-state index in [4.69, 9.17) is 47.6 Å². The fourth-order valence-corrected chi connectivity index (χ4v) is 9.23. The number of aromatic nitrogens is 2. The number of nitrogens with one attached hydrogen (secondary N) is 1. The molecular weight excluding hydrogens is 1110 g/mol. The summed E-state index contributed by atoms with van der Waals surface area (Å²) in [6, 6.07) is 12.3. The number of ether oxygens (including phenoxy) is 9. The zero-order chi connectivity index (χ0) is 61.0. The Labute approximate surface area is 498 Å². The summed E-state index contributed by atoms with van der Waals surface area (Å²) in [4.78, 5) is 82.6. The molecular formula is C61H89F2N5O15S. The number of hydrogen-bond donors (Lipinski definition) is 1. The van der Waals surface area contributed by atoms with Gasteiger partial charge in [0.05, 0.1) is 117 Å². The molecule has 0 fully saturated rings. The monoisotopic (exact) mass is 1200 g/mol. The third-order valence-corrected chi connectivity index (χ3v) is 13.4. The first-order chi connectivity index (χ1) is 40.3. The Hall–Kier alpha value is -5.50. The Morgan fingerprint density at radius 1 is 0.655 bits per heavy atom. The van der Waals surface area contributed by atoms with Crippen LogP contribution in [-0.2, 0) is 77.9 Å². The first-order valence-electron chi connectivity index (χ1n) is 28.9. The molecule has 23 heteroatoms. The van der Waals surface area contributed by atoms with Gasteiger partial charge in [0.1, 0.15) is 28.8 Å². The lowest BCUT2D eigenvalue weighted by Gasteiger charge is -2.40. The largest absolute Gasteiger partial charge is 0.460 e. The highest BCUT2D eigenvalue weighted by molar-refractivity contribution is 7.99. The fourth-order valence-electron chi connectivity index (χ4n) is 8.50. The number of amides is 4. The number of esters is 1. The van der Waals surface area contributed by atoms with Gasteiger partial charge in [-0.15, -0.1) is 0 Å². The molecule has 4 amide bonds. The van der Waals surface area contributed by atoms with Gasteiger partial charge in [-0.1, -0.05) is 51.1 Å². The highest BCUT2D eigenvalue weighted by Crippen LogP contribution is 2.40. The van der Waals surface area contributed by atoms with Crippen LogP contribution in [0.2, 0.25) is 0 Å². The molecule has 1 aliphatic heterocycles. The van der Waals surface area contributed by atoms with Gasteiger partial charge in [0.15, 0.2) is 0 Å². The molecule has 2 aromatic carbocycles. The average molecular weight is 1200 g/mol. The minimum absolute atomic E-state index is 0.00961. The van der Waals surface area contributed by atoms with E-state index in [9.17, 15) is 33.2 Å². The lowest BCUT2D eigenvalue weighted by atomic mass is 9.84. The number of carbonyl (C=O) groups excluding carboxylic acids is 6. The summed E-state index contributed by atoms with van der Waals surface area (Å²) in [6.07, 6.45) is 6.45. The minimum Gasteiger partial charge on any atom is -0.460 e. The van der Waals surface area contributed by atoms with Gasteiger partial charge in [-0.3, -0.25) is 33.7 Å². The van der Waals surface area contributed by atoms with Crippen molar-refractivity contribution in [3.8, 4) is 11.3 Å². The molecule has 0 saturated heterocycles. The Kier molecular flexibility index (Phi) is 33.8. The number of Topliss-reactive ketones (excluding diaryl/α,β-unsaturated/α-hetero) is 1. The second-order valence-corrected chi connectivity index (χ2v) is 22.8. The van der Waals surface area contributed by atoms with Crippen LogP contribution in [0.3, 0.4) is 0 Å². The first kappa shape index (κ1) is 71.0. The Morgan fingerprint density at radius 2 is 1.20 bits per heavy atom. The molecule has 1 atom stereocenters. The maximum Gasteiger partial charge on any atom is 0.306 e. The predicted molar refractivity (Wildman–Crippen MR) is 313 cm³/mol. The van der Waals surface area contributed by atoms with Gasteiger partial charge >= 0.3 is 5.97 Å². The van der Waals surface area contributed by atoms with Gasteiger partial charge in [0, 0.05) is 88.1 Å². The number of imidazole rings is 1. The topological polar surface area (TPSA) is 222 Å². The molecule has 1 aliphatic rings. The molecule has 2 heterocycles. The summed E-state index contributed by atoms with van der Waals surface area (Å²) in [7, 11) is 0. The second kappa shape index (κ2) is 40.0. The number of hydrogen-bond acceptors (Lipinski definition) is 17. The van der Waals surface area contributed by atoms with E-state index in [1.807, 2.05) is 76.4 Å². The third-order valence-electron chi connectivity index (χ3n) is 12.5. The summed E-state index contributed by atoms with van der Waals surface area (Å²) in [5.74, 6) is -1.60. The van der Waals surface area contributed by atoms with Gasteiger partial charge in [0.25, 0.3) is 11.8 Å². The number of rotatable bonds is 46. The highest BCUT2D eigenvalue weighted by Gasteiger charge is 2.38. The zero-order valence-corrected chi connectivity index (χ0v) is 50.8. The zero-order valence-electron chi connectivity index (χ0n) is 50.0. The maximum atomic E-state index is 15.3. The summed E-state index contributed by atoms with van der Waals surface area (Å²) in [5.41, 5.74) is -0.0137. The molecule has 468 valence electrons. The molecule has 0 radical (unpaired) electrons. The number of halogens is 2. The molecule has 0 saturated carbocycles. The van der Waals surface area contributed by atoms with Crippen molar-refractivity contribution in [2.24, 2.45) is 5.41 Å². The van der Waals surface area contributed by atoms with Gasteiger partial charge < -0.3 is 57.4 Å². The maximum absolute atomic E-state index is 15.3. The molecule has 4 rings (SSSR count). The molecule has 20 nitrogen and oxygen atoms in total. The van der Waals surface area contributed by atoms with Crippen molar-refractivity contribution in [2.45, 2.75) is 105 Å². The number of ketones is 1. The van der Waals surface area contributed by atoms with Crippen molar-refractivity contribution >= 4 is 47.1 Å². The molecule has 1 N–H and O–H groups in total. The van der Waals surface area contributed by atoms with Crippen LogP contribution in [0.5, 0.6) is 0 Å². The first-order valence-corrected chi connectivity index (χ1v) is 30.1. The van der Waals surface area contributed by atoms with E-state index in [1.54, 1.807) is 11.1 Å². The van der Waals surface area contributed by atoms with Gasteiger partial charge in [0.2, 0.25) is 11.8 Å². The van der Waals surface area contributed by atoms with Gasteiger partial charge in [-0.25, -0.2) is 13.8 Å². The van der Waals surface area contributed by atoms with Crippen LogP contribution in [-0.4, -0.2) is 197 Å². The van der Waals surface area contributed by atoms with Crippen molar-refractivity contribution in [3.63, 3.8) is 0 Å². The molecule has 3 aromatic rings. The van der Waals surface area contributed by atoms with E-state index in [0.29, 0.717) is 156 Å². The Bertz CT molecular complexity index is 2450. The molecule has 0 spiro atoms. The highest BCUT2D eigenvalue weighted by atomic mass is 32.2. The van der Waals surface area contributed by atoms with Gasteiger partial charge in [-0.2, -0.15) is 11.8 Å². The third kappa shape index (κ3) is 29.5. The van der Waals surface area contributed by atoms with Crippen molar-refractivity contribution in [3.05, 3.63) is 89.9 Å². The Morgan fingerprint density at radius 3 is 1.75 bits per heavy atom. The van der Waals surface area contributed by atoms with Crippen LogP contribution in [0.4, 0.5) is 8.78 Å². The van der Waals surface area contributed by atoms with Crippen LogP contribution < -0.4 is 5.32 Å². The van der Waals surface area contributed by atoms with E-state index in [-0.39, 0.29) is 84.8 Å². The quantitative estimate of drug-likeness (QED) is 0.0332. The van der Waals surface area contributed by atoms with Crippen molar-refractivity contribution < 1.29 is 80.2 Å². The van der Waals surface area contributed by atoms with E-state index in [0.717, 1.165) is 28.7 Å². The number of carbonyl (C=O) groups is 6. The summed E-state index contributed by atoms with van der Waals surface area (Å²) >= 11 is 1.38. The minimum atomic E-state index is -0.625. The van der Waals surface area contributed by atoms with Gasteiger partial charge in [-0.05, 0) is 69.2 Å². The smallest absolute Gasteiger partial charge is 0.306 e. The molecule has 84 heavy (non-hydrogen) atoms. The number of thioether (sulfide) groups is 1. The van der Waals surface area contributed by atoms with Crippen LogP contribution in [0.15, 0.2) is 66.9 Å². The van der Waals surface area contributed by atoms with Crippen LogP contribution in [0.25, 0.3) is 11.3 Å². The van der Waals surface area contributed by atoms with Crippen molar-refractivity contribution in [1.29, 1.82) is 0 Å². The normalized spacial score (nSPS) is 13.0. The summed E-state index contributed by atoms with van der Waals surface area (Å²) < 4.78 is 81.4. The Balaban J connectivity index is 1.02. The van der Waals surface area contributed by atoms with Crippen molar-refractivity contribution in [2.75, 3.05) is 137 Å². The van der Waals surface area contributed by atoms with E-state index in [2.05, 4.69) is 5.32 Å². The SMILES string of the molecule is CC(C)(C)OC(=O)CCCCN(C(=O)CSCCNC(=O)CCOCCOCCOCCOCCOCCOCCOCCOCCCC(=O)CCN1C(=O)C=CC1=O)[C@@H](c1nc(-c2cc(F)ccc2F)cn1Cc1ccccc1)C(C)(C)C. The molecule has 0 bridgehead atoms. The van der Waals surface area contributed by atoms with E-state index >= 15 is 4.39 Å². The van der Waals surface area contributed by atoms with Crippen LogP contribution in [0, 0.1) is 17.0 Å². The molecule has 0 aliphatic carbocycles. The van der Waals surface area contributed by atoms with Crippen molar-refractivity contribution in [1.82, 2.24) is 24.7 Å². The molecule has 1 aromatic heterocycles. The number of unbranched alkanes of at least 4 members (excludes halogenated alkanes) is 1. The lowest BCUT2D eigenvalue weighted by molar-refractivity contribution is -0.155.